The van der Waals surface area contributed by atoms with Crippen molar-refractivity contribution >= 4 is 19.8 Å². The van der Waals surface area contributed by atoms with Crippen LogP contribution in [0.15, 0.2) is 182 Å². The second-order valence-electron chi connectivity index (χ2n) is 22.6. The van der Waals surface area contributed by atoms with Gasteiger partial charge in [-0.25, -0.2) is 4.57 Å². The zero-order chi connectivity index (χ0) is 64.4. The van der Waals surface area contributed by atoms with Gasteiger partial charge in [0.05, 0.1) is 13.2 Å². The lowest BCUT2D eigenvalue weighted by molar-refractivity contribution is -0.161. The minimum Gasteiger partial charge on any atom is -0.462 e. The quantitative estimate of drug-likeness (QED) is 0.0264. The van der Waals surface area contributed by atoms with Crippen LogP contribution < -0.4 is 5.73 Å². The number of unbranched alkanes of at least 4 members (excludes halogenated alkanes) is 21. The third-order valence-corrected chi connectivity index (χ3v) is 15.3. The first kappa shape index (κ1) is 84.1. The van der Waals surface area contributed by atoms with Crippen LogP contribution in [-0.2, 0) is 32.7 Å². The summed E-state index contributed by atoms with van der Waals surface area (Å²) in [5.74, 6) is -0.873. The summed E-state index contributed by atoms with van der Waals surface area (Å²) < 4.78 is 33.1. The monoisotopic (exact) mass is 1250 g/mol. The van der Waals surface area contributed by atoms with Gasteiger partial charge in [-0.1, -0.05) is 305 Å². The van der Waals surface area contributed by atoms with E-state index in [1.54, 1.807) is 0 Å². The zero-order valence-electron chi connectivity index (χ0n) is 56.3. The van der Waals surface area contributed by atoms with Crippen LogP contribution in [0.25, 0.3) is 0 Å². The lowest BCUT2D eigenvalue weighted by Crippen LogP contribution is -2.29. The van der Waals surface area contributed by atoms with Gasteiger partial charge < -0.3 is 20.1 Å². The number of esters is 2. The molecular weight excluding hydrogens is 1120 g/mol. The summed E-state index contributed by atoms with van der Waals surface area (Å²) in [6, 6.07) is 0. The molecule has 0 fully saturated rings. The van der Waals surface area contributed by atoms with Crippen molar-refractivity contribution in [3.63, 3.8) is 0 Å². The van der Waals surface area contributed by atoms with E-state index in [-0.39, 0.29) is 32.6 Å². The van der Waals surface area contributed by atoms with Crippen molar-refractivity contribution in [2.24, 2.45) is 5.73 Å². The first-order valence-corrected chi connectivity index (χ1v) is 36.8. The number of rotatable bonds is 64. The van der Waals surface area contributed by atoms with Crippen LogP contribution in [0.1, 0.15) is 271 Å². The molecule has 0 spiro atoms. The maximum atomic E-state index is 12.8. The Bertz CT molecular complexity index is 2110. The normalized spacial score (nSPS) is 14.1. The Labute approximate surface area is 545 Å². The van der Waals surface area contributed by atoms with Crippen molar-refractivity contribution in [3.8, 4) is 0 Å². The van der Waals surface area contributed by atoms with Crippen LogP contribution in [0.3, 0.4) is 0 Å². The largest absolute Gasteiger partial charge is 0.472 e. The summed E-state index contributed by atoms with van der Waals surface area (Å²) >= 11 is 0. The Hall–Kier alpha value is -4.89. The number of hydrogen-bond acceptors (Lipinski definition) is 8. The smallest absolute Gasteiger partial charge is 0.462 e. The first-order chi connectivity index (χ1) is 43.8. The van der Waals surface area contributed by atoms with Crippen LogP contribution in [-0.4, -0.2) is 49.3 Å². The summed E-state index contributed by atoms with van der Waals surface area (Å²) in [5.41, 5.74) is 5.40. The number of hydrogen-bond donors (Lipinski definition) is 2. The third-order valence-electron chi connectivity index (χ3n) is 14.3. The molecule has 0 bridgehead atoms. The van der Waals surface area contributed by atoms with Gasteiger partial charge in [0.1, 0.15) is 6.61 Å². The van der Waals surface area contributed by atoms with Gasteiger partial charge in [0, 0.05) is 19.4 Å². The molecule has 0 saturated carbocycles. The van der Waals surface area contributed by atoms with Gasteiger partial charge in [0.2, 0.25) is 0 Å². The molecule has 2 unspecified atom stereocenters. The van der Waals surface area contributed by atoms with Crippen LogP contribution in [0.4, 0.5) is 0 Å². The lowest BCUT2D eigenvalue weighted by Gasteiger charge is -2.19. The SMILES string of the molecule is CC/C=C\C/C=C\C/C=C\C/C=C\C/C=C\C/C=C\C/C=C\C/C=C\C/C=C\C/C=C\C/C=C\CCCCCC(=O)OC(COC(=O)CCCCCCCCCCCCCCCCCCCC/C=C\C/C=C\C/C=C\C/C=C\CC)COP(=O)(O)OCCN. The molecule has 89 heavy (non-hydrogen) atoms. The van der Waals surface area contributed by atoms with E-state index >= 15 is 0 Å². The number of carbonyl (C=O) groups excluding carboxylic acids is 2. The molecule has 2 atom stereocenters. The van der Waals surface area contributed by atoms with Gasteiger partial charge >= 0.3 is 19.8 Å². The number of nitrogens with two attached hydrogens (primary N) is 1. The van der Waals surface area contributed by atoms with Gasteiger partial charge in [0.15, 0.2) is 6.10 Å². The van der Waals surface area contributed by atoms with Crippen molar-refractivity contribution in [2.75, 3.05) is 26.4 Å². The van der Waals surface area contributed by atoms with Gasteiger partial charge in [-0.05, 0) is 135 Å². The molecule has 0 rings (SSSR count). The van der Waals surface area contributed by atoms with Gasteiger partial charge in [-0.15, -0.1) is 0 Å². The highest BCUT2D eigenvalue weighted by molar-refractivity contribution is 7.47. The maximum absolute atomic E-state index is 12.8. The molecular formula is C79H128NO8P. The molecule has 0 aliphatic carbocycles. The first-order valence-electron chi connectivity index (χ1n) is 35.3. The highest BCUT2D eigenvalue weighted by Crippen LogP contribution is 2.43. The fourth-order valence-corrected chi connectivity index (χ4v) is 9.93. The fourth-order valence-electron chi connectivity index (χ4n) is 9.16. The van der Waals surface area contributed by atoms with E-state index in [1.165, 1.54) is 103 Å². The van der Waals surface area contributed by atoms with Gasteiger partial charge in [-0.2, -0.15) is 0 Å². The average Bonchev–Trinajstić information content (AvgIpc) is 3.68. The van der Waals surface area contributed by atoms with Crippen LogP contribution in [0.5, 0.6) is 0 Å². The standard InChI is InChI=1S/C79H128NO8P/c1-3-5-7-9-11-13-15-17-19-21-23-25-27-29-31-33-35-36-37-38-39-40-42-44-46-48-50-52-54-56-58-60-62-64-66-68-70-72-79(82)88-77(76-87-89(83,84)86-74-73-80)75-85-78(81)71-69-67-65-63-61-59-57-55-53-51-49-47-45-43-41-34-32-30-28-26-24-22-20-18-16-14-12-10-8-6-4-2/h5-8,11-14,17-20,23-26,29,31,35-36,38-39,42,44,48,50,54,56,60,62,77H,3-4,9-10,15-16,21-22,27-28,30,32-34,37,40-41,43,45-47,49,51-53,55,57-59,61,63-76,80H2,1-2H3,(H,83,84)/b7-5-,8-6-,13-11-,14-12-,19-17-,20-18-,25-23-,26-24-,31-29-,36-35-,39-38-,44-42-,50-48-,56-54-,62-60-. The molecule has 0 radical (unpaired) electrons. The number of ether oxygens (including phenoxy) is 2. The minimum absolute atomic E-state index is 0.0391. The summed E-state index contributed by atoms with van der Waals surface area (Å²) in [6.07, 6.45) is 108. The predicted octanol–water partition coefficient (Wildman–Crippen LogP) is 23.5. The second kappa shape index (κ2) is 72.2. The number of allylic oxidation sites excluding steroid dienone is 30. The molecule has 10 heteroatoms. The Balaban J connectivity index is 4.01. The average molecular weight is 1250 g/mol. The van der Waals surface area contributed by atoms with Crippen molar-refractivity contribution in [2.45, 2.75) is 277 Å². The second-order valence-corrected chi connectivity index (χ2v) is 24.1. The summed E-state index contributed by atoms with van der Waals surface area (Å²) in [6.45, 7) is 3.48. The Morgan fingerprint density at radius 2 is 0.584 bits per heavy atom. The summed E-state index contributed by atoms with van der Waals surface area (Å²) in [5, 5.41) is 0. The molecule has 502 valence electrons. The Morgan fingerprint density at radius 3 is 0.876 bits per heavy atom. The highest BCUT2D eigenvalue weighted by atomic mass is 31.2. The number of phosphoric acid groups is 1. The van der Waals surface area contributed by atoms with Gasteiger partial charge in [-0.3, -0.25) is 18.6 Å². The van der Waals surface area contributed by atoms with E-state index < -0.39 is 32.5 Å². The highest BCUT2D eigenvalue weighted by Gasteiger charge is 2.26. The molecule has 0 amide bonds. The van der Waals surface area contributed by atoms with Crippen molar-refractivity contribution in [1.29, 1.82) is 0 Å². The van der Waals surface area contributed by atoms with E-state index in [0.717, 1.165) is 135 Å². The fraction of sp³-hybridized carbons (Fsp3) is 0.595. The van der Waals surface area contributed by atoms with Crippen molar-refractivity contribution in [1.82, 2.24) is 0 Å². The molecule has 0 aliphatic heterocycles. The third kappa shape index (κ3) is 72.1. The van der Waals surface area contributed by atoms with E-state index in [2.05, 4.69) is 196 Å². The molecule has 0 heterocycles. The lowest BCUT2D eigenvalue weighted by atomic mass is 10.0. The molecule has 0 aliphatic rings. The molecule has 9 nitrogen and oxygen atoms in total. The summed E-state index contributed by atoms with van der Waals surface area (Å²) in [4.78, 5) is 35.4. The zero-order valence-corrected chi connectivity index (χ0v) is 57.2. The maximum Gasteiger partial charge on any atom is 0.472 e. The van der Waals surface area contributed by atoms with Crippen molar-refractivity contribution in [3.05, 3.63) is 182 Å². The van der Waals surface area contributed by atoms with E-state index in [1.807, 2.05) is 0 Å². The van der Waals surface area contributed by atoms with E-state index in [4.69, 9.17) is 24.3 Å². The molecule has 3 N–H and O–H groups in total. The molecule has 0 aromatic heterocycles. The predicted molar refractivity (Wildman–Crippen MR) is 385 cm³/mol. The van der Waals surface area contributed by atoms with Crippen molar-refractivity contribution < 1.29 is 37.6 Å². The number of carbonyl (C=O) groups is 2. The Kier molecular flexibility index (Phi) is 68.2. The van der Waals surface area contributed by atoms with Crippen LogP contribution in [0.2, 0.25) is 0 Å². The Morgan fingerprint density at radius 1 is 0.337 bits per heavy atom. The van der Waals surface area contributed by atoms with Crippen LogP contribution >= 0.6 is 7.82 Å². The molecule has 0 aromatic carbocycles. The van der Waals surface area contributed by atoms with E-state index in [0.29, 0.717) is 6.42 Å². The summed E-state index contributed by atoms with van der Waals surface area (Å²) in [7, 11) is -4.42. The van der Waals surface area contributed by atoms with E-state index in [9.17, 15) is 19.0 Å². The minimum atomic E-state index is -4.42. The molecule has 0 saturated heterocycles. The molecule has 0 aromatic rings. The topological polar surface area (TPSA) is 134 Å². The van der Waals surface area contributed by atoms with Gasteiger partial charge in [0.25, 0.3) is 0 Å². The number of phosphoric ester groups is 1. The van der Waals surface area contributed by atoms with Crippen LogP contribution in [0, 0.1) is 0 Å².